The molecule has 0 saturated carbocycles. The number of H-pyrrole nitrogens is 1. The number of nitrogens with zero attached hydrogens (tertiary/aromatic N) is 1. The Balaban J connectivity index is 2.07. The molecule has 1 aromatic rings. The van der Waals surface area contributed by atoms with Crippen LogP contribution in [0.5, 0.6) is 0 Å². The maximum Gasteiger partial charge on any atom is 0.339 e. The van der Waals surface area contributed by atoms with Gasteiger partial charge < -0.3 is 19.8 Å². The van der Waals surface area contributed by atoms with Gasteiger partial charge in [0.05, 0.1) is 25.9 Å². The standard InChI is InChI=1S/C18H29N3O4/c1-11(2)14(21-6-8-25-9-7-21)10-19-17(22)16-12(3)15(13(4)20-16)18(23)24-5/h11,14,20H,6-10H2,1-5H3,(H,19,22). The minimum atomic E-state index is -0.432. The summed E-state index contributed by atoms with van der Waals surface area (Å²) in [6, 6.07) is 0.254. The Labute approximate surface area is 149 Å². The molecule has 1 fully saturated rings. The van der Waals surface area contributed by atoms with Crippen molar-refractivity contribution in [3.05, 3.63) is 22.5 Å². The summed E-state index contributed by atoms with van der Waals surface area (Å²) >= 11 is 0. The van der Waals surface area contributed by atoms with Crippen molar-refractivity contribution in [2.75, 3.05) is 40.0 Å². The van der Waals surface area contributed by atoms with Gasteiger partial charge in [0.15, 0.2) is 0 Å². The fraction of sp³-hybridized carbons (Fsp3) is 0.667. The number of hydrogen-bond acceptors (Lipinski definition) is 5. The maximum absolute atomic E-state index is 12.6. The first-order chi connectivity index (χ1) is 11.9. The number of carbonyl (C=O) groups excluding carboxylic acids is 2. The predicted molar refractivity (Wildman–Crippen MR) is 95.0 cm³/mol. The van der Waals surface area contributed by atoms with Crippen molar-refractivity contribution in [3.63, 3.8) is 0 Å². The van der Waals surface area contributed by atoms with Gasteiger partial charge in [-0.05, 0) is 25.3 Å². The number of carbonyl (C=O) groups is 2. The first-order valence-corrected chi connectivity index (χ1v) is 8.74. The van der Waals surface area contributed by atoms with E-state index in [2.05, 4.69) is 29.0 Å². The lowest BCUT2D eigenvalue weighted by molar-refractivity contribution is 0.00671. The van der Waals surface area contributed by atoms with Gasteiger partial charge in [-0.1, -0.05) is 13.8 Å². The molecule has 0 bridgehead atoms. The predicted octanol–water partition coefficient (Wildman–Crippen LogP) is 1.50. The van der Waals surface area contributed by atoms with E-state index in [0.717, 1.165) is 26.3 Å². The van der Waals surface area contributed by atoms with E-state index in [1.54, 1.807) is 13.8 Å². The zero-order chi connectivity index (χ0) is 18.6. The van der Waals surface area contributed by atoms with Gasteiger partial charge in [-0.15, -0.1) is 0 Å². The van der Waals surface area contributed by atoms with Gasteiger partial charge in [-0.25, -0.2) is 4.79 Å². The highest BCUT2D eigenvalue weighted by atomic mass is 16.5. The molecule has 1 aliphatic heterocycles. The van der Waals surface area contributed by atoms with E-state index in [1.807, 2.05) is 0 Å². The third-order valence-corrected chi connectivity index (χ3v) is 4.81. The van der Waals surface area contributed by atoms with Gasteiger partial charge in [-0.2, -0.15) is 0 Å². The molecule has 1 saturated heterocycles. The van der Waals surface area contributed by atoms with Crippen molar-refractivity contribution >= 4 is 11.9 Å². The van der Waals surface area contributed by atoms with Gasteiger partial charge in [0, 0.05) is 31.4 Å². The van der Waals surface area contributed by atoms with Crippen molar-refractivity contribution in [3.8, 4) is 0 Å². The number of hydrogen-bond donors (Lipinski definition) is 2. The quantitative estimate of drug-likeness (QED) is 0.759. The van der Waals surface area contributed by atoms with Crippen LogP contribution in [0.25, 0.3) is 0 Å². The zero-order valence-corrected chi connectivity index (χ0v) is 15.8. The number of morpholine rings is 1. The van der Waals surface area contributed by atoms with E-state index in [9.17, 15) is 9.59 Å². The molecular weight excluding hydrogens is 322 g/mol. The topological polar surface area (TPSA) is 83.7 Å². The van der Waals surface area contributed by atoms with E-state index in [0.29, 0.717) is 35.0 Å². The highest BCUT2D eigenvalue weighted by Crippen LogP contribution is 2.19. The second kappa shape index (κ2) is 8.49. The summed E-state index contributed by atoms with van der Waals surface area (Å²) in [4.78, 5) is 29.9. The fourth-order valence-electron chi connectivity index (χ4n) is 3.37. The SMILES string of the molecule is COC(=O)c1c(C)[nH]c(C(=O)NCC(C(C)C)N2CCOCC2)c1C. The molecular formula is C18H29N3O4. The summed E-state index contributed by atoms with van der Waals surface area (Å²) in [6.07, 6.45) is 0. The third-order valence-electron chi connectivity index (χ3n) is 4.81. The molecule has 0 aliphatic carbocycles. The zero-order valence-electron chi connectivity index (χ0n) is 15.8. The Hall–Kier alpha value is -1.86. The lowest BCUT2D eigenvalue weighted by atomic mass is 10.0. The van der Waals surface area contributed by atoms with Crippen molar-refractivity contribution in [2.24, 2.45) is 5.92 Å². The molecule has 140 valence electrons. The van der Waals surface area contributed by atoms with E-state index in [1.165, 1.54) is 7.11 Å². The summed E-state index contributed by atoms with van der Waals surface area (Å²) in [5, 5.41) is 3.01. The average Bonchev–Trinajstić information content (AvgIpc) is 2.89. The molecule has 25 heavy (non-hydrogen) atoms. The number of esters is 1. The first-order valence-electron chi connectivity index (χ1n) is 8.74. The van der Waals surface area contributed by atoms with Crippen LogP contribution in [0, 0.1) is 19.8 Å². The summed E-state index contributed by atoms with van der Waals surface area (Å²) < 4.78 is 10.2. The Kier molecular flexibility index (Phi) is 6.61. The van der Waals surface area contributed by atoms with Gasteiger partial charge in [-0.3, -0.25) is 9.69 Å². The molecule has 1 unspecified atom stereocenters. The van der Waals surface area contributed by atoms with Crippen LogP contribution in [0.1, 0.15) is 46.0 Å². The van der Waals surface area contributed by atoms with E-state index < -0.39 is 5.97 Å². The molecule has 0 radical (unpaired) electrons. The number of methoxy groups -OCH3 is 1. The van der Waals surface area contributed by atoms with Crippen LogP contribution in [0.3, 0.4) is 0 Å². The van der Waals surface area contributed by atoms with Gasteiger partial charge in [0.2, 0.25) is 0 Å². The summed E-state index contributed by atoms with van der Waals surface area (Å²) in [5.74, 6) is -0.219. The second-order valence-electron chi connectivity index (χ2n) is 6.79. The number of amides is 1. The Morgan fingerprint density at radius 1 is 1.28 bits per heavy atom. The van der Waals surface area contributed by atoms with Crippen molar-refractivity contribution in [1.82, 2.24) is 15.2 Å². The van der Waals surface area contributed by atoms with Crippen molar-refractivity contribution < 1.29 is 19.1 Å². The molecule has 1 aliphatic rings. The number of aryl methyl sites for hydroxylation is 1. The molecule has 0 aromatic carbocycles. The molecule has 1 atom stereocenters. The molecule has 0 spiro atoms. The molecule has 1 amide bonds. The van der Waals surface area contributed by atoms with Crippen LogP contribution >= 0.6 is 0 Å². The molecule has 7 nitrogen and oxygen atoms in total. The van der Waals surface area contributed by atoms with Crippen LogP contribution in [-0.2, 0) is 9.47 Å². The Morgan fingerprint density at radius 2 is 1.92 bits per heavy atom. The lowest BCUT2D eigenvalue weighted by Crippen LogP contribution is -2.51. The Bertz CT molecular complexity index is 618. The minimum absolute atomic E-state index is 0.199. The van der Waals surface area contributed by atoms with Crippen molar-refractivity contribution in [2.45, 2.75) is 33.7 Å². The van der Waals surface area contributed by atoms with Gasteiger partial charge in [0.25, 0.3) is 5.91 Å². The highest BCUT2D eigenvalue weighted by Gasteiger charge is 2.26. The number of rotatable bonds is 6. The molecule has 7 heteroatoms. The smallest absolute Gasteiger partial charge is 0.339 e. The molecule has 2 heterocycles. The molecule has 2 N–H and O–H groups in total. The van der Waals surface area contributed by atoms with E-state index in [4.69, 9.17) is 9.47 Å². The first kappa shape index (κ1) is 19.5. The lowest BCUT2D eigenvalue weighted by Gasteiger charge is -2.36. The van der Waals surface area contributed by atoms with Crippen LogP contribution in [0.4, 0.5) is 0 Å². The number of aromatic nitrogens is 1. The number of aromatic amines is 1. The van der Waals surface area contributed by atoms with Crippen molar-refractivity contribution in [1.29, 1.82) is 0 Å². The van der Waals surface area contributed by atoms with Crippen LogP contribution < -0.4 is 5.32 Å². The van der Waals surface area contributed by atoms with Crippen LogP contribution in [-0.4, -0.2) is 67.8 Å². The number of ether oxygens (including phenoxy) is 2. The minimum Gasteiger partial charge on any atom is -0.465 e. The number of nitrogens with one attached hydrogen (secondary N) is 2. The Morgan fingerprint density at radius 3 is 2.48 bits per heavy atom. The molecule has 2 rings (SSSR count). The fourth-order valence-corrected chi connectivity index (χ4v) is 3.37. The van der Waals surface area contributed by atoms with Gasteiger partial charge in [0.1, 0.15) is 5.69 Å². The summed E-state index contributed by atoms with van der Waals surface area (Å²) in [7, 11) is 1.34. The largest absolute Gasteiger partial charge is 0.465 e. The monoisotopic (exact) mass is 351 g/mol. The summed E-state index contributed by atoms with van der Waals surface area (Å²) in [6.45, 7) is 11.6. The van der Waals surface area contributed by atoms with Crippen LogP contribution in [0.2, 0.25) is 0 Å². The van der Waals surface area contributed by atoms with E-state index >= 15 is 0 Å². The second-order valence-corrected chi connectivity index (χ2v) is 6.79. The highest BCUT2D eigenvalue weighted by molar-refractivity contribution is 6.00. The van der Waals surface area contributed by atoms with E-state index in [-0.39, 0.29) is 11.9 Å². The summed E-state index contributed by atoms with van der Waals surface area (Å²) in [5.41, 5.74) is 2.11. The third kappa shape index (κ3) is 4.41. The van der Waals surface area contributed by atoms with Gasteiger partial charge >= 0.3 is 5.97 Å². The molecule has 1 aromatic heterocycles. The average molecular weight is 351 g/mol. The maximum atomic E-state index is 12.6. The van der Waals surface area contributed by atoms with Crippen LogP contribution in [0.15, 0.2) is 0 Å². The normalized spacial score (nSPS) is 16.7.